The van der Waals surface area contributed by atoms with E-state index in [1.54, 1.807) is 45.0 Å². The van der Waals surface area contributed by atoms with Crippen LogP contribution in [0.15, 0.2) is 42.5 Å². The highest BCUT2D eigenvalue weighted by molar-refractivity contribution is 6.91. The van der Waals surface area contributed by atoms with E-state index in [-0.39, 0.29) is 23.7 Å². The van der Waals surface area contributed by atoms with Gasteiger partial charge < -0.3 is 4.74 Å². The van der Waals surface area contributed by atoms with E-state index in [4.69, 9.17) is 16.3 Å². The molecule has 1 amide bonds. The summed E-state index contributed by atoms with van der Waals surface area (Å²) in [7, 11) is -1.46. The van der Waals surface area contributed by atoms with E-state index < -0.39 is 32.0 Å². The number of halogens is 3. The Balaban J connectivity index is 1.72. The van der Waals surface area contributed by atoms with Gasteiger partial charge in [0.2, 0.25) is 5.91 Å². The zero-order valence-corrected chi connectivity index (χ0v) is 19.3. The Morgan fingerprint density at radius 2 is 1.81 bits per heavy atom. The number of hydrogen-bond acceptors (Lipinski definition) is 4. The van der Waals surface area contributed by atoms with Crippen LogP contribution in [-0.2, 0) is 16.1 Å². The summed E-state index contributed by atoms with van der Waals surface area (Å²) in [6.07, 6.45) is 0. The highest BCUT2D eigenvalue weighted by atomic mass is 35.5. The Hall–Kier alpha value is -2.29. The number of rotatable bonds is 6. The number of ether oxygens (including phenoxy) is 1. The molecule has 5 nitrogen and oxygen atoms in total. The summed E-state index contributed by atoms with van der Waals surface area (Å²) in [6.45, 7) is 5.63. The van der Waals surface area contributed by atoms with Crippen molar-refractivity contribution in [2.75, 3.05) is 5.01 Å². The molecule has 31 heavy (non-hydrogen) atoms. The minimum atomic E-state index is -1.46. The summed E-state index contributed by atoms with van der Waals surface area (Å²) in [5, 5.41) is 1.69. The van der Waals surface area contributed by atoms with Gasteiger partial charge in [-0.1, -0.05) is 23.7 Å². The lowest BCUT2D eigenvalue weighted by Gasteiger charge is -2.36. The topological polar surface area (TPSA) is 58.6 Å². The van der Waals surface area contributed by atoms with Crippen LogP contribution in [0, 0.1) is 17.6 Å². The van der Waals surface area contributed by atoms with Crippen LogP contribution in [0.5, 0.6) is 0 Å². The third kappa shape index (κ3) is 6.12. The predicted octanol–water partition coefficient (Wildman–Crippen LogP) is 5.30. The van der Waals surface area contributed by atoms with Crippen LogP contribution in [0.2, 0.25) is 17.1 Å². The molecule has 1 saturated heterocycles. The van der Waals surface area contributed by atoms with Crippen molar-refractivity contribution < 1.29 is 23.1 Å². The van der Waals surface area contributed by atoms with Crippen molar-refractivity contribution in [3.8, 4) is 0 Å². The number of nitrogens with zero attached hydrogens (tertiary/aromatic N) is 1. The number of benzene rings is 2. The molecule has 0 aromatic heterocycles. The molecule has 0 atom stereocenters. The van der Waals surface area contributed by atoms with Crippen LogP contribution in [0.3, 0.4) is 0 Å². The first kappa shape index (κ1) is 23.4. The Kier molecular flexibility index (Phi) is 7.13. The average Bonchev–Trinajstić information content (AvgIpc) is 2.62. The first-order chi connectivity index (χ1) is 14.5. The first-order valence-corrected chi connectivity index (χ1v) is 12.2. The third-order valence-electron chi connectivity index (χ3n) is 4.75. The van der Waals surface area contributed by atoms with Crippen LogP contribution < -0.4 is 10.4 Å². The summed E-state index contributed by atoms with van der Waals surface area (Å²) in [6, 6.07) is 10.9. The van der Waals surface area contributed by atoms with Crippen LogP contribution in [0.25, 0.3) is 0 Å². The summed E-state index contributed by atoms with van der Waals surface area (Å²) in [5.74, 6) is -2.38. The molecule has 0 spiro atoms. The van der Waals surface area contributed by atoms with Crippen molar-refractivity contribution in [2.45, 2.75) is 45.0 Å². The first-order valence-electron chi connectivity index (χ1n) is 9.88. The maximum Gasteiger partial charge on any atom is 0.270 e. The molecule has 3 rings (SSSR count). The molecule has 2 aromatic rings. The van der Waals surface area contributed by atoms with E-state index in [0.29, 0.717) is 17.1 Å². The second-order valence-corrected chi connectivity index (χ2v) is 11.3. The standard InChI is InChI=1S/C22H24ClF2N2O3Si/c1-22(2,3)30-21(29)31-12-15(13-31)20(28)27(19-9-8-17(24)10-18(19)25)26-11-14-4-6-16(23)7-5-14/h4-10,15,26H,11-13H2,1-3H3. The maximum atomic E-state index is 14.5. The molecule has 0 unspecified atom stereocenters. The van der Waals surface area contributed by atoms with Gasteiger partial charge in [-0.3, -0.25) is 9.59 Å². The lowest BCUT2D eigenvalue weighted by molar-refractivity contribution is -0.122. The normalized spacial score (nSPS) is 14.8. The molecule has 1 aliphatic rings. The third-order valence-corrected chi connectivity index (χ3v) is 7.65. The Morgan fingerprint density at radius 3 is 2.39 bits per heavy atom. The van der Waals surface area contributed by atoms with Gasteiger partial charge in [-0.15, -0.1) is 0 Å². The van der Waals surface area contributed by atoms with Crippen LogP contribution in [-0.4, -0.2) is 25.9 Å². The maximum absolute atomic E-state index is 14.5. The molecule has 165 valence electrons. The van der Waals surface area contributed by atoms with Gasteiger partial charge in [0.15, 0.2) is 14.6 Å². The number of nitrogens with one attached hydrogen (secondary N) is 1. The lowest BCUT2D eigenvalue weighted by Crippen LogP contribution is -2.53. The van der Waals surface area contributed by atoms with Gasteiger partial charge in [0.05, 0.1) is 5.69 Å². The van der Waals surface area contributed by atoms with E-state index in [2.05, 4.69) is 5.43 Å². The molecule has 1 fully saturated rings. The molecule has 1 N–H and O–H groups in total. The molecule has 0 bridgehead atoms. The van der Waals surface area contributed by atoms with Crippen molar-refractivity contribution in [3.63, 3.8) is 0 Å². The largest absolute Gasteiger partial charge is 0.465 e. The zero-order chi connectivity index (χ0) is 22.8. The Bertz CT molecular complexity index is 960. The highest BCUT2D eigenvalue weighted by Gasteiger charge is 2.45. The lowest BCUT2D eigenvalue weighted by atomic mass is 10.1. The zero-order valence-electron chi connectivity index (χ0n) is 17.5. The van der Waals surface area contributed by atoms with Gasteiger partial charge in [0, 0.05) is 23.6 Å². The van der Waals surface area contributed by atoms with Crippen molar-refractivity contribution in [3.05, 3.63) is 64.7 Å². The predicted molar refractivity (Wildman–Crippen MR) is 117 cm³/mol. The Labute approximate surface area is 186 Å². The number of amides is 1. The van der Waals surface area contributed by atoms with Crippen LogP contribution >= 0.6 is 11.6 Å². The van der Waals surface area contributed by atoms with Crippen molar-refractivity contribution in [1.29, 1.82) is 0 Å². The quantitative estimate of drug-likeness (QED) is 0.464. The molecule has 1 radical (unpaired) electrons. The smallest absolute Gasteiger partial charge is 0.270 e. The fourth-order valence-corrected chi connectivity index (χ4v) is 5.46. The molecular weight excluding hydrogens is 442 g/mol. The number of hydrogen-bond donors (Lipinski definition) is 1. The molecule has 0 saturated carbocycles. The fraction of sp³-hybridized carbons (Fsp3) is 0.364. The van der Waals surface area contributed by atoms with Gasteiger partial charge in [-0.05, 0) is 62.7 Å². The molecular formula is C22H24ClF2N2O3Si. The molecule has 1 heterocycles. The van der Waals surface area contributed by atoms with Gasteiger partial charge in [-0.25, -0.2) is 19.2 Å². The number of anilines is 1. The molecule has 9 heteroatoms. The van der Waals surface area contributed by atoms with Crippen LogP contribution in [0.1, 0.15) is 26.3 Å². The summed E-state index contributed by atoms with van der Waals surface area (Å²) in [5.41, 5.74) is 2.88. The average molecular weight is 466 g/mol. The molecule has 2 aromatic carbocycles. The SMILES string of the molecule is CC(C)(C)OC(=O)[Si]1CC(C(=O)N(NCc2ccc(Cl)cc2)c2ccc(F)cc2F)C1. The van der Waals surface area contributed by atoms with Gasteiger partial charge >= 0.3 is 0 Å². The van der Waals surface area contributed by atoms with Crippen LogP contribution in [0.4, 0.5) is 19.3 Å². The van der Waals surface area contributed by atoms with Gasteiger partial charge in [-0.2, -0.15) is 0 Å². The van der Waals surface area contributed by atoms with E-state index in [0.717, 1.165) is 22.7 Å². The monoisotopic (exact) mass is 465 g/mol. The van der Waals surface area contributed by atoms with Crippen molar-refractivity contribution >= 4 is 37.6 Å². The molecule has 0 aliphatic carbocycles. The number of carbonyl (C=O) groups excluding carboxylic acids is 2. The summed E-state index contributed by atoms with van der Waals surface area (Å²) >= 11 is 5.90. The van der Waals surface area contributed by atoms with E-state index in [1.165, 1.54) is 6.07 Å². The second kappa shape index (κ2) is 9.46. The minimum Gasteiger partial charge on any atom is -0.465 e. The highest BCUT2D eigenvalue weighted by Crippen LogP contribution is 2.34. The molecule has 1 aliphatic heterocycles. The van der Waals surface area contributed by atoms with Crippen molar-refractivity contribution in [2.24, 2.45) is 5.92 Å². The van der Waals surface area contributed by atoms with E-state index >= 15 is 0 Å². The minimum absolute atomic E-state index is 0.0710. The Morgan fingerprint density at radius 1 is 1.16 bits per heavy atom. The fourth-order valence-electron chi connectivity index (χ4n) is 3.13. The van der Waals surface area contributed by atoms with Gasteiger partial charge in [0.1, 0.15) is 11.4 Å². The van der Waals surface area contributed by atoms with Gasteiger partial charge in [0.25, 0.3) is 5.59 Å². The van der Waals surface area contributed by atoms with E-state index in [1.807, 2.05) is 0 Å². The summed E-state index contributed by atoms with van der Waals surface area (Å²) in [4.78, 5) is 25.4. The second-order valence-electron chi connectivity index (χ2n) is 8.44. The number of hydrazine groups is 1. The number of carbonyl (C=O) groups is 2. The van der Waals surface area contributed by atoms with E-state index in [9.17, 15) is 18.4 Å². The van der Waals surface area contributed by atoms with Crippen molar-refractivity contribution in [1.82, 2.24) is 5.43 Å². The summed E-state index contributed by atoms with van der Waals surface area (Å²) < 4.78 is 33.3.